The van der Waals surface area contributed by atoms with Crippen molar-refractivity contribution in [3.63, 3.8) is 0 Å². The third-order valence-corrected chi connectivity index (χ3v) is 3.40. The zero-order valence-corrected chi connectivity index (χ0v) is 11.4. The zero-order chi connectivity index (χ0) is 13.0. The van der Waals surface area contributed by atoms with Crippen molar-refractivity contribution >= 4 is 17.5 Å². The molecule has 1 aromatic carbocycles. The molecule has 0 radical (unpaired) electrons. The lowest BCUT2D eigenvalue weighted by molar-refractivity contribution is -0.122. The van der Waals surface area contributed by atoms with Gasteiger partial charge in [-0.2, -0.15) is 0 Å². The van der Waals surface area contributed by atoms with Crippen molar-refractivity contribution in [3.05, 3.63) is 34.3 Å². The number of aryl methyl sites for hydroxylation is 1. The molecule has 18 heavy (non-hydrogen) atoms. The number of amides is 1. The second-order valence-electron chi connectivity index (χ2n) is 4.81. The fraction of sp³-hybridized carbons (Fsp3) is 0.500. The summed E-state index contributed by atoms with van der Waals surface area (Å²) in [7, 11) is 0. The summed E-state index contributed by atoms with van der Waals surface area (Å²) < 4.78 is 0. The summed E-state index contributed by atoms with van der Waals surface area (Å²) in [5, 5.41) is 7.02. The summed E-state index contributed by atoms with van der Waals surface area (Å²) in [4.78, 5) is 11.4. The third kappa shape index (κ3) is 4.00. The molecule has 1 aliphatic carbocycles. The topological polar surface area (TPSA) is 41.1 Å². The Kier molecular flexibility index (Phi) is 4.61. The molecule has 0 saturated heterocycles. The van der Waals surface area contributed by atoms with Crippen LogP contribution in [0, 0.1) is 12.8 Å². The quantitative estimate of drug-likeness (QED) is 0.776. The van der Waals surface area contributed by atoms with Gasteiger partial charge in [0.2, 0.25) is 5.91 Å². The molecular formula is C14H19ClN2O. The molecule has 0 heterocycles. The number of hydrogen-bond donors (Lipinski definition) is 2. The van der Waals surface area contributed by atoms with Gasteiger partial charge < -0.3 is 10.6 Å². The van der Waals surface area contributed by atoms with Crippen molar-refractivity contribution in [2.24, 2.45) is 5.92 Å². The Hall–Kier alpha value is -1.06. The highest BCUT2D eigenvalue weighted by Gasteiger charge is 2.28. The van der Waals surface area contributed by atoms with E-state index < -0.39 is 0 Å². The molecule has 0 unspecified atom stereocenters. The van der Waals surface area contributed by atoms with E-state index in [1.165, 1.54) is 11.1 Å². The average Bonchev–Trinajstić information content (AvgIpc) is 3.15. The van der Waals surface area contributed by atoms with Gasteiger partial charge in [-0.1, -0.05) is 17.7 Å². The highest BCUT2D eigenvalue weighted by atomic mass is 35.5. The highest BCUT2D eigenvalue weighted by molar-refractivity contribution is 6.30. The number of carbonyl (C=O) groups excluding carboxylic acids is 1. The van der Waals surface area contributed by atoms with Crippen LogP contribution in [0.3, 0.4) is 0 Å². The summed E-state index contributed by atoms with van der Waals surface area (Å²) in [5.74, 6) is 0.503. The molecular weight excluding hydrogens is 248 g/mol. The third-order valence-electron chi connectivity index (χ3n) is 3.17. The van der Waals surface area contributed by atoms with Crippen LogP contribution in [0.4, 0.5) is 0 Å². The monoisotopic (exact) mass is 266 g/mol. The van der Waals surface area contributed by atoms with E-state index in [1.807, 2.05) is 18.2 Å². The van der Waals surface area contributed by atoms with Crippen LogP contribution < -0.4 is 10.6 Å². The number of nitrogens with one attached hydrogen (secondary N) is 2. The molecule has 4 heteroatoms. The van der Waals surface area contributed by atoms with Crippen molar-refractivity contribution in [2.45, 2.75) is 26.3 Å². The average molecular weight is 267 g/mol. The van der Waals surface area contributed by atoms with Gasteiger partial charge in [0.1, 0.15) is 0 Å². The lowest BCUT2D eigenvalue weighted by atomic mass is 10.1. The number of rotatable bonds is 6. The van der Waals surface area contributed by atoms with E-state index in [4.69, 9.17) is 11.6 Å². The maximum Gasteiger partial charge on any atom is 0.223 e. The Balaban J connectivity index is 1.63. The first-order valence-electron chi connectivity index (χ1n) is 6.40. The second-order valence-corrected chi connectivity index (χ2v) is 5.25. The number of carbonyl (C=O) groups is 1. The predicted molar refractivity (Wildman–Crippen MR) is 73.6 cm³/mol. The predicted octanol–water partition coefficient (Wildman–Crippen LogP) is 2.26. The van der Waals surface area contributed by atoms with Crippen LogP contribution in [0.2, 0.25) is 5.02 Å². The molecule has 1 fully saturated rings. The van der Waals surface area contributed by atoms with Gasteiger partial charge >= 0.3 is 0 Å². The van der Waals surface area contributed by atoms with Crippen molar-refractivity contribution in [2.75, 3.05) is 13.1 Å². The Morgan fingerprint density at radius 3 is 2.83 bits per heavy atom. The van der Waals surface area contributed by atoms with E-state index in [-0.39, 0.29) is 5.91 Å². The van der Waals surface area contributed by atoms with Crippen molar-refractivity contribution < 1.29 is 4.79 Å². The minimum atomic E-state index is 0.208. The molecule has 1 amide bonds. The molecule has 1 saturated carbocycles. The number of benzene rings is 1. The van der Waals surface area contributed by atoms with Crippen LogP contribution >= 0.6 is 11.6 Å². The summed E-state index contributed by atoms with van der Waals surface area (Å²) in [5.41, 5.74) is 2.44. The van der Waals surface area contributed by atoms with Gasteiger partial charge in [-0.3, -0.25) is 4.79 Å². The van der Waals surface area contributed by atoms with E-state index in [9.17, 15) is 4.79 Å². The first-order valence-corrected chi connectivity index (χ1v) is 6.78. The second kappa shape index (κ2) is 6.21. The summed E-state index contributed by atoms with van der Waals surface area (Å²) in [6.07, 6.45) is 2.12. The van der Waals surface area contributed by atoms with Gasteiger partial charge in [0.05, 0.1) is 0 Å². The molecule has 0 atom stereocenters. The van der Waals surface area contributed by atoms with Gasteiger partial charge in [0.15, 0.2) is 0 Å². The molecule has 3 nitrogen and oxygen atoms in total. The Bertz CT molecular complexity index is 430. The van der Waals surface area contributed by atoms with Crippen LogP contribution in [-0.4, -0.2) is 19.0 Å². The Morgan fingerprint density at radius 2 is 2.17 bits per heavy atom. The standard InChI is InChI=1S/C14H19ClN2O/c1-10-8-13(15)5-4-12(10)9-16-6-7-17-14(18)11-2-3-11/h4-5,8,11,16H,2-3,6-7,9H2,1H3,(H,17,18). The van der Waals surface area contributed by atoms with Crippen LogP contribution in [0.15, 0.2) is 18.2 Å². The summed E-state index contributed by atoms with van der Waals surface area (Å²) in [6.45, 7) is 4.35. The van der Waals surface area contributed by atoms with Gasteiger partial charge in [0, 0.05) is 30.6 Å². The minimum Gasteiger partial charge on any atom is -0.355 e. The smallest absolute Gasteiger partial charge is 0.223 e. The Morgan fingerprint density at radius 1 is 1.39 bits per heavy atom. The van der Waals surface area contributed by atoms with Crippen LogP contribution in [0.5, 0.6) is 0 Å². The molecule has 0 aromatic heterocycles. The molecule has 2 N–H and O–H groups in total. The van der Waals surface area contributed by atoms with Gasteiger partial charge in [-0.25, -0.2) is 0 Å². The molecule has 0 spiro atoms. The molecule has 98 valence electrons. The van der Waals surface area contributed by atoms with E-state index in [0.29, 0.717) is 12.5 Å². The molecule has 0 bridgehead atoms. The number of hydrogen-bond acceptors (Lipinski definition) is 2. The molecule has 2 rings (SSSR count). The van der Waals surface area contributed by atoms with Crippen LogP contribution in [-0.2, 0) is 11.3 Å². The molecule has 1 aromatic rings. The zero-order valence-electron chi connectivity index (χ0n) is 10.6. The van der Waals surface area contributed by atoms with Crippen molar-refractivity contribution in [3.8, 4) is 0 Å². The van der Waals surface area contributed by atoms with E-state index >= 15 is 0 Å². The van der Waals surface area contributed by atoms with Crippen LogP contribution in [0.1, 0.15) is 24.0 Å². The van der Waals surface area contributed by atoms with E-state index in [1.54, 1.807) is 0 Å². The summed E-state index contributed by atoms with van der Waals surface area (Å²) in [6, 6.07) is 5.90. The highest BCUT2D eigenvalue weighted by Crippen LogP contribution is 2.28. The van der Waals surface area contributed by atoms with E-state index in [0.717, 1.165) is 31.0 Å². The van der Waals surface area contributed by atoms with Crippen molar-refractivity contribution in [1.29, 1.82) is 0 Å². The fourth-order valence-electron chi connectivity index (χ4n) is 1.84. The van der Waals surface area contributed by atoms with Crippen molar-refractivity contribution in [1.82, 2.24) is 10.6 Å². The number of halogens is 1. The van der Waals surface area contributed by atoms with Gasteiger partial charge in [-0.05, 0) is 43.0 Å². The lowest BCUT2D eigenvalue weighted by Crippen LogP contribution is -2.32. The normalized spacial score (nSPS) is 14.6. The largest absolute Gasteiger partial charge is 0.355 e. The lowest BCUT2D eigenvalue weighted by Gasteiger charge is -2.09. The fourth-order valence-corrected chi connectivity index (χ4v) is 2.07. The minimum absolute atomic E-state index is 0.208. The molecule has 0 aliphatic heterocycles. The summed E-state index contributed by atoms with van der Waals surface area (Å²) >= 11 is 5.90. The van der Waals surface area contributed by atoms with Gasteiger partial charge in [-0.15, -0.1) is 0 Å². The first-order chi connectivity index (χ1) is 8.66. The Labute approximate surface area is 113 Å². The molecule has 1 aliphatic rings. The maximum atomic E-state index is 11.4. The first kappa shape index (κ1) is 13.4. The SMILES string of the molecule is Cc1cc(Cl)ccc1CNCCNC(=O)C1CC1. The van der Waals surface area contributed by atoms with Gasteiger partial charge in [0.25, 0.3) is 0 Å². The maximum absolute atomic E-state index is 11.4. The van der Waals surface area contributed by atoms with E-state index in [2.05, 4.69) is 17.6 Å². The van der Waals surface area contributed by atoms with Crippen LogP contribution in [0.25, 0.3) is 0 Å².